The van der Waals surface area contributed by atoms with E-state index in [2.05, 4.69) is 34.6 Å². The van der Waals surface area contributed by atoms with E-state index in [1.807, 2.05) is 0 Å². The Hall–Kier alpha value is -0.370. The van der Waals surface area contributed by atoms with Crippen LogP contribution in [0.5, 0.6) is 0 Å². The van der Waals surface area contributed by atoms with Gasteiger partial charge in [0, 0.05) is 6.42 Å². The second-order valence-electron chi connectivity index (χ2n) is 13.2. The van der Waals surface area contributed by atoms with Gasteiger partial charge >= 0.3 is 0 Å². The van der Waals surface area contributed by atoms with Crippen LogP contribution >= 0.6 is 0 Å². The van der Waals surface area contributed by atoms with Crippen LogP contribution < -0.4 is 5.73 Å². The molecule has 0 radical (unpaired) electrons. The molecule has 0 fully saturated rings. The maximum absolute atomic E-state index is 13.4. The molecule has 0 aromatic rings. The molecule has 0 aliphatic carbocycles. The summed E-state index contributed by atoms with van der Waals surface area (Å²) in [6.45, 7) is 11.3. The number of carbonyl (C=O) groups excluding carboxylic acids is 1. The Kier molecular flexibility index (Phi) is 25.3. The number of hydrogen-bond donors (Lipinski definition) is 1. The van der Waals surface area contributed by atoms with Crippen LogP contribution in [0, 0.1) is 5.41 Å². The molecule has 2 nitrogen and oxygen atoms in total. The summed E-state index contributed by atoms with van der Waals surface area (Å²) in [7, 11) is 0. The molecule has 228 valence electrons. The topological polar surface area (TPSA) is 43.1 Å². The fourth-order valence-electron chi connectivity index (χ4n) is 6.13. The first-order chi connectivity index (χ1) is 18.4. The number of Topliss-reactive ketones (excluding diaryl/α,β-unsaturated/α-hetero) is 1. The van der Waals surface area contributed by atoms with Gasteiger partial charge in [-0.1, -0.05) is 182 Å². The Labute approximate surface area is 241 Å². The van der Waals surface area contributed by atoms with Crippen molar-refractivity contribution in [2.45, 2.75) is 220 Å². The van der Waals surface area contributed by atoms with Gasteiger partial charge in [-0.05, 0) is 31.6 Å². The molecular formula is C36H73NO. The summed E-state index contributed by atoms with van der Waals surface area (Å²) >= 11 is 0. The van der Waals surface area contributed by atoms with Crippen molar-refractivity contribution in [2.24, 2.45) is 11.1 Å². The summed E-state index contributed by atoms with van der Waals surface area (Å²) in [4.78, 5) is 13.4. The van der Waals surface area contributed by atoms with E-state index in [1.165, 1.54) is 154 Å². The zero-order valence-electron chi connectivity index (χ0n) is 27.3. The van der Waals surface area contributed by atoms with Gasteiger partial charge in [-0.3, -0.25) is 4.79 Å². The number of carbonyl (C=O) groups is 1. The van der Waals surface area contributed by atoms with Crippen LogP contribution in [0.3, 0.4) is 0 Å². The fraction of sp³-hybridized carbons (Fsp3) is 0.972. The molecule has 2 N–H and O–H groups in total. The lowest BCUT2D eigenvalue weighted by Crippen LogP contribution is -2.57. The minimum Gasteiger partial charge on any atom is -0.319 e. The van der Waals surface area contributed by atoms with E-state index in [9.17, 15) is 4.79 Å². The number of nitrogens with two attached hydrogens (primary N) is 1. The largest absolute Gasteiger partial charge is 0.319 e. The van der Waals surface area contributed by atoms with Crippen molar-refractivity contribution in [3.8, 4) is 0 Å². The van der Waals surface area contributed by atoms with Crippen molar-refractivity contribution in [1.82, 2.24) is 0 Å². The molecule has 0 amide bonds. The molecule has 2 atom stereocenters. The summed E-state index contributed by atoms with van der Waals surface area (Å²) < 4.78 is 0. The number of hydrogen-bond acceptors (Lipinski definition) is 2. The van der Waals surface area contributed by atoms with Gasteiger partial charge in [-0.25, -0.2) is 0 Å². The Morgan fingerprint density at radius 3 is 1.05 bits per heavy atom. The molecule has 0 aliphatic rings. The van der Waals surface area contributed by atoms with Gasteiger partial charge in [0.05, 0.1) is 5.54 Å². The number of unbranched alkanes of at least 4 members (excludes halogenated alkanes) is 22. The first kappa shape index (κ1) is 37.6. The molecule has 0 aromatic carbocycles. The van der Waals surface area contributed by atoms with E-state index in [1.54, 1.807) is 0 Å². The normalized spacial score (nSPS) is 14.9. The summed E-state index contributed by atoms with van der Waals surface area (Å²) in [5.41, 5.74) is 6.18. The quantitative estimate of drug-likeness (QED) is 0.0929. The second-order valence-corrected chi connectivity index (χ2v) is 13.2. The van der Waals surface area contributed by atoms with E-state index in [4.69, 9.17) is 5.73 Å². The van der Waals surface area contributed by atoms with E-state index in [-0.39, 0.29) is 5.41 Å². The molecule has 0 heterocycles. The number of rotatable bonds is 30. The Balaban J connectivity index is 4.40. The summed E-state index contributed by atoms with van der Waals surface area (Å²) in [5.74, 6) is 0.318. The third kappa shape index (κ3) is 18.8. The fourth-order valence-corrected chi connectivity index (χ4v) is 6.13. The lowest BCUT2D eigenvalue weighted by molar-refractivity contribution is -0.128. The molecule has 2 unspecified atom stereocenters. The molecule has 38 heavy (non-hydrogen) atoms. The highest BCUT2D eigenvalue weighted by atomic mass is 16.1. The highest BCUT2D eigenvalue weighted by Gasteiger charge is 2.45. The summed E-state index contributed by atoms with van der Waals surface area (Å²) in [6, 6.07) is 0. The minimum absolute atomic E-state index is 0.0737. The zero-order valence-corrected chi connectivity index (χ0v) is 27.3. The van der Waals surface area contributed by atoms with Crippen LogP contribution in [0.4, 0.5) is 0 Å². The Morgan fingerprint density at radius 1 is 0.447 bits per heavy atom. The second kappa shape index (κ2) is 25.6. The molecule has 0 saturated carbocycles. The highest BCUT2D eigenvalue weighted by Crippen LogP contribution is 2.41. The van der Waals surface area contributed by atoms with E-state index in [0.717, 1.165) is 19.3 Å². The molecule has 0 saturated heterocycles. The summed E-state index contributed by atoms with van der Waals surface area (Å²) in [6.07, 6.45) is 36.0. The summed E-state index contributed by atoms with van der Waals surface area (Å²) in [5, 5.41) is 0. The predicted octanol–water partition coefficient (Wildman–Crippen LogP) is 12.3. The first-order valence-corrected chi connectivity index (χ1v) is 17.7. The average Bonchev–Trinajstić information content (AvgIpc) is 2.90. The van der Waals surface area contributed by atoms with Crippen LogP contribution in [0.2, 0.25) is 0 Å². The third-order valence-corrected chi connectivity index (χ3v) is 9.50. The van der Waals surface area contributed by atoms with Gasteiger partial charge in [0.15, 0.2) is 5.78 Å². The molecule has 0 spiro atoms. The van der Waals surface area contributed by atoms with Crippen molar-refractivity contribution in [2.75, 3.05) is 0 Å². The molecule has 0 rings (SSSR count). The van der Waals surface area contributed by atoms with Crippen LogP contribution in [0.15, 0.2) is 0 Å². The van der Waals surface area contributed by atoms with Crippen molar-refractivity contribution in [1.29, 1.82) is 0 Å². The highest BCUT2D eigenvalue weighted by molar-refractivity contribution is 5.88. The Morgan fingerprint density at radius 2 is 0.711 bits per heavy atom. The molecule has 0 aliphatic heterocycles. The third-order valence-electron chi connectivity index (χ3n) is 9.50. The van der Waals surface area contributed by atoms with Crippen molar-refractivity contribution in [3.63, 3.8) is 0 Å². The first-order valence-electron chi connectivity index (χ1n) is 17.7. The van der Waals surface area contributed by atoms with Gasteiger partial charge in [-0.2, -0.15) is 0 Å². The van der Waals surface area contributed by atoms with Gasteiger partial charge in [0.1, 0.15) is 0 Å². The van der Waals surface area contributed by atoms with Crippen LogP contribution in [0.1, 0.15) is 214 Å². The SMILES string of the molecule is CCCCCCCCCCCCCC(=O)C(C)(N)C(C)(CCCCCC)CCCCCCCCCCCC. The lowest BCUT2D eigenvalue weighted by Gasteiger charge is -2.44. The predicted molar refractivity (Wildman–Crippen MR) is 172 cm³/mol. The Bertz CT molecular complexity index is 513. The number of ketones is 1. The molecule has 0 aromatic heterocycles. The maximum Gasteiger partial charge on any atom is 0.152 e. The molecular weight excluding hydrogens is 462 g/mol. The maximum atomic E-state index is 13.4. The van der Waals surface area contributed by atoms with E-state index < -0.39 is 5.54 Å². The molecule has 0 bridgehead atoms. The lowest BCUT2D eigenvalue weighted by atomic mass is 9.64. The monoisotopic (exact) mass is 536 g/mol. The van der Waals surface area contributed by atoms with Gasteiger partial charge in [0.2, 0.25) is 0 Å². The van der Waals surface area contributed by atoms with Gasteiger partial charge in [0.25, 0.3) is 0 Å². The standard InChI is InChI=1S/C36H73NO/c1-6-9-12-15-17-19-21-22-24-26-28-31-34(38)36(5,37)35(4,32-29-14-11-8-3)33-30-27-25-23-20-18-16-13-10-7-2/h6-33,37H2,1-5H3. The van der Waals surface area contributed by atoms with Crippen molar-refractivity contribution >= 4 is 5.78 Å². The van der Waals surface area contributed by atoms with Crippen LogP contribution in [-0.4, -0.2) is 11.3 Å². The van der Waals surface area contributed by atoms with Crippen molar-refractivity contribution in [3.05, 3.63) is 0 Å². The van der Waals surface area contributed by atoms with E-state index in [0.29, 0.717) is 12.2 Å². The van der Waals surface area contributed by atoms with E-state index >= 15 is 0 Å². The molecule has 2 heteroatoms. The average molecular weight is 536 g/mol. The van der Waals surface area contributed by atoms with Crippen LogP contribution in [-0.2, 0) is 4.79 Å². The smallest absolute Gasteiger partial charge is 0.152 e. The van der Waals surface area contributed by atoms with Crippen molar-refractivity contribution < 1.29 is 4.79 Å². The minimum atomic E-state index is -0.697. The van der Waals surface area contributed by atoms with Gasteiger partial charge in [-0.15, -0.1) is 0 Å². The van der Waals surface area contributed by atoms with Crippen LogP contribution in [0.25, 0.3) is 0 Å². The zero-order chi connectivity index (χ0) is 28.4. The van der Waals surface area contributed by atoms with Gasteiger partial charge < -0.3 is 5.73 Å².